The quantitative estimate of drug-likeness (QED) is 0.785. The Bertz CT molecular complexity index is 256. The van der Waals surface area contributed by atoms with E-state index in [1.54, 1.807) is 0 Å². The van der Waals surface area contributed by atoms with E-state index < -0.39 is 0 Å². The Morgan fingerprint density at radius 3 is 2.72 bits per heavy atom. The molecule has 0 saturated carbocycles. The lowest BCUT2D eigenvalue weighted by molar-refractivity contribution is -0.000429. The molecule has 1 unspecified atom stereocenters. The summed E-state index contributed by atoms with van der Waals surface area (Å²) in [6, 6.07) is 0.725. The number of hydrogen-bond donors (Lipinski definition) is 1. The van der Waals surface area contributed by atoms with Crippen LogP contribution in [0.4, 0.5) is 0 Å². The number of piperidine rings is 1. The first-order chi connectivity index (χ1) is 8.65. The minimum Gasteiger partial charge on any atom is -0.381 e. The summed E-state index contributed by atoms with van der Waals surface area (Å²) in [4.78, 5) is 5.04. The molecular weight excluding hydrogens is 244 g/mol. The van der Waals surface area contributed by atoms with Crippen LogP contribution in [-0.4, -0.2) is 68.5 Å². The first-order valence-corrected chi connectivity index (χ1v) is 7.86. The SMILES string of the molecule is CN1CCCC(N(C)CC2(CS)CCOCC2)C1. The number of thiol groups is 1. The maximum absolute atomic E-state index is 5.51. The van der Waals surface area contributed by atoms with E-state index in [2.05, 4.69) is 36.5 Å². The van der Waals surface area contributed by atoms with E-state index in [0.29, 0.717) is 5.41 Å². The summed E-state index contributed by atoms with van der Waals surface area (Å²) in [5.41, 5.74) is 0.381. The highest BCUT2D eigenvalue weighted by Crippen LogP contribution is 2.33. The molecule has 0 bridgehead atoms. The molecule has 0 radical (unpaired) electrons. The molecule has 18 heavy (non-hydrogen) atoms. The van der Waals surface area contributed by atoms with Crippen LogP contribution in [-0.2, 0) is 4.74 Å². The molecule has 2 aliphatic rings. The number of nitrogens with zero attached hydrogens (tertiary/aromatic N) is 2. The zero-order valence-corrected chi connectivity index (χ0v) is 12.8. The number of likely N-dealkylation sites (tertiary alicyclic amines) is 1. The molecule has 106 valence electrons. The van der Waals surface area contributed by atoms with Crippen molar-refractivity contribution < 1.29 is 4.74 Å². The van der Waals surface area contributed by atoms with Gasteiger partial charge in [0.25, 0.3) is 0 Å². The average molecular weight is 272 g/mol. The van der Waals surface area contributed by atoms with Crippen LogP contribution in [0.2, 0.25) is 0 Å². The van der Waals surface area contributed by atoms with Gasteiger partial charge in [0.2, 0.25) is 0 Å². The maximum atomic E-state index is 5.51. The highest BCUT2D eigenvalue weighted by molar-refractivity contribution is 7.80. The minimum absolute atomic E-state index is 0.381. The van der Waals surface area contributed by atoms with E-state index in [9.17, 15) is 0 Å². The van der Waals surface area contributed by atoms with Crippen LogP contribution in [0.25, 0.3) is 0 Å². The van der Waals surface area contributed by atoms with Crippen LogP contribution in [0, 0.1) is 5.41 Å². The van der Waals surface area contributed by atoms with Crippen LogP contribution >= 0.6 is 12.6 Å². The summed E-state index contributed by atoms with van der Waals surface area (Å²) in [5, 5.41) is 0. The van der Waals surface area contributed by atoms with Crippen molar-refractivity contribution in [2.45, 2.75) is 31.7 Å². The molecule has 2 saturated heterocycles. The number of likely N-dealkylation sites (N-methyl/N-ethyl adjacent to an activating group) is 2. The third-order valence-corrected chi connectivity index (χ3v) is 5.37. The molecule has 1 atom stereocenters. The predicted octanol–water partition coefficient (Wildman–Crippen LogP) is 1.74. The van der Waals surface area contributed by atoms with Gasteiger partial charge in [-0.15, -0.1) is 0 Å². The zero-order valence-electron chi connectivity index (χ0n) is 11.9. The molecule has 0 aliphatic carbocycles. The smallest absolute Gasteiger partial charge is 0.0472 e. The summed E-state index contributed by atoms with van der Waals surface area (Å²) < 4.78 is 5.51. The fraction of sp³-hybridized carbons (Fsp3) is 1.00. The molecular formula is C14H28N2OS. The van der Waals surface area contributed by atoms with Crippen molar-refractivity contribution in [3.63, 3.8) is 0 Å². The first-order valence-electron chi connectivity index (χ1n) is 7.23. The van der Waals surface area contributed by atoms with E-state index in [1.165, 1.54) is 45.3 Å². The number of ether oxygens (including phenoxy) is 1. The second kappa shape index (κ2) is 6.60. The van der Waals surface area contributed by atoms with Gasteiger partial charge in [-0.3, -0.25) is 0 Å². The second-order valence-corrected chi connectivity index (χ2v) is 6.56. The molecule has 0 aromatic carbocycles. The van der Waals surface area contributed by atoms with Gasteiger partial charge in [-0.2, -0.15) is 12.6 Å². The van der Waals surface area contributed by atoms with E-state index in [0.717, 1.165) is 25.0 Å². The second-order valence-electron chi connectivity index (χ2n) is 6.24. The molecule has 0 N–H and O–H groups in total. The van der Waals surface area contributed by atoms with Gasteiger partial charge < -0.3 is 14.5 Å². The van der Waals surface area contributed by atoms with Gasteiger partial charge in [-0.05, 0) is 57.5 Å². The number of rotatable bonds is 4. The summed E-state index contributed by atoms with van der Waals surface area (Å²) in [6.07, 6.45) is 5.02. The van der Waals surface area contributed by atoms with Gasteiger partial charge in [-0.1, -0.05) is 0 Å². The Morgan fingerprint density at radius 1 is 1.39 bits per heavy atom. The van der Waals surface area contributed by atoms with Crippen molar-refractivity contribution in [3.8, 4) is 0 Å². The zero-order chi connectivity index (χ0) is 13.0. The van der Waals surface area contributed by atoms with Crippen molar-refractivity contribution in [2.24, 2.45) is 5.41 Å². The molecule has 2 fully saturated rings. The lowest BCUT2D eigenvalue weighted by atomic mass is 9.81. The third-order valence-electron chi connectivity index (χ3n) is 4.70. The van der Waals surface area contributed by atoms with Gasteiger partial charge in [0, 0.05) is 32.3 Å². The molecule has 0 amide bonds. The largest absolute Gasteiger partial charge is 0.381 e. The van der Waals surface area contributed by atoms with Crippen molar-refractivity contribution in [1.29, 1.82) is 0 Å². The maximum Gasteiger partial charge on any atom is 0.0472 e. The van der Waals surface area contributed by atoms with E-state index in [4.69, 9.17) is 4.74 Å². The Morgan fingerprint density at radius 2 is 2.11 bits per heavy atom. The Hall–Kier alpha value is 0.230. The van der Waals surface area contributed by atoms with Crippen molar-refractivity contribution in [2.75, 3.05) is 52.7 Å². The highest BCUT2D eigenvalue weighted by atomic mass is 32.1. The van der Waals surface area contributed by atoms with Crippen molar-refractivity contribution in [1.82, 2.24) is 9.80 Å². The van der Waals surface area contributed by atoms with E-state index >= 15 is 0 Å². The summed E-state index contributed by atoms with van der Waals surface area (Å²) in [5.74, 6) is 0.989. The topological polar surface area (TPSA) is 15.7 Å². The summed E-state index contributed by atoms with van der Waals surface area (Å²) in [7, 11) is 4.54. The first kappa shape index (κ1) is 14.6. The van der Waals surface area contributed by atoms with E-state index in [-0.39, 0.29) is 0 Å². The van der Waals surface area contributed by atoms with Crippen LogP contribution in [0.1, 0.15) is 25.7 Å². The van der Waals surface area contributed by atoms with E-state index in [1.807, 2.05) is 0 Å². The van der Waals surface area contributed by atoms with Crippen LogP contribution in [0.5, 0.6) is 0 Å². The van der Waals surface area contributed by atoms with Crippen LogP contribution in [0.15, 0.2) is 0 Å². The van der Waals surface area contributed by atoms with Gasteiger partial charge in [0.1, 0.15) is 0 Å². The Labute approximate surface area is 117 Å². The van der Waals surface area contributed by atoms with Gasteiger partial charge in [-0.25, -0.2) is 0 Å². The molecule has 4 heteroatoms. The molecule has 2 aliphatic heterocycles. The fourth-order valence-corrected chi connectivity index (χ4v) is 3.74. The molecule has 0 aromatic rings. The molecule has 3 nitrogen and oxygen atoms in total. The predicted molar refractivity (Wildman–Crippen MR) is 79.5 cm³/mol. The standard InChI is InChI=1S/C14H28N2OS/c1-15-7-3-4-13(10-15)16(2)11-14(12-18)5-8-17-9-6-14/h13,18H,3-12H2,1-2H3. The lowest BCUT2D eigenvalue weighted by Crippen LogP contribution is -2.50. The normalized spacial score (nSPS) is 29.7. The summed E-state index contributed by atoms with van der Waals surface area (Å²) >= 11 is 4.61. The molecule has 0 aromatic heterocycles. The fourth-order valence-electron chi connectivity index (χ4n) is 3.33. The van der Waals surface area contributed by atoms with Gasteiger partial charge >= 0.3 is 0 Å². The van der Waals surface area contributed by atoms with Crippen molar-refractivity contribution >= 4 is 12.6 Å². The highest BCUT2D eigenvalue weighted by Gasteiger charge is 2.34. The Balaban J connectivity index is 1.89. The van der Waals surface area contributed by atoms with Crippen LogP contribution < -0.4 is 0 Å². The van der Waals surface area contributed by atoms with Crippen molar-refractivity contribution in [3.05, 3.63) is 0 Å². The minimum atomic E-state index is 0.381. The molecule has 0 spiro atoms. The summed E-state index contributed by atoms with van der Waals surface area (Å²) in [6.45, 7) is 5.49. The Kier molecular flexibility index (Phi) is 5.36. The van der Waals surface area contributed by atoms with Gasteiger partial charge in [0.15, 0.2) is 0 Å². The number of hydrogen-bond acceptors (Lipinski definition) is 4. The molecule has 2 rings (SSSR count). The lowest BCUT2D eigenvalue weighted by Gasteiger charge is -2.43. The monoisotopic (exact) mass is 272 g/mol. The van der Waals surface area contributed by atoms with Crippen LogP contribution in [0.3, 0.4) is 0 Å². The molecule has 2 heterocycles. The van der Waals surface area contributed by atoms with Gasteiger partial charge in [0.05, 0.1) is 0 Å². The average Bonchev–Trinajstić information content (AvgIpc) is 2.40. The third kappa shape index (κ3) is 3.62.